The average Bonchev–Trinajstić information content (AvgIpc) is 2.52. The predicted octanol–water partition coefficient (Wildman–Crippen LogP) is 2.42. The summed E-state index contributed by atoms with van der Waals surface area (Å²) < 4.78 is 23.2. The molecule has 1 aromatic rings. The van der Waals surface area contributed by atoms with Crippen molar-refractivity contribution in [2.24, 2.45) is 23.5 Å². The molecule has 2 unspecified atom stereocenters. The minimum absolute atomic E-state index is 0. The first-order valence-electron chi connectivity index (χ1n) is 9.11. The van der Waals surface area contributed by atoms with Crippen LogP contribution in [0.15, 0.2) is 24.3 Å². The molecular formula is C19H29ClN2O3S. The van der Waals surface area contributed by atoms with E-state index in [0.717, 1.165) is 36.8 Å². The summed E-state index contributed by atoms with van der Waals surface area (Å²) in [5, 5.41) is 3.02. The van der Waals surface area contributed by atoms with Gasteiger partial charge >= 0.3 is 0 Å². The summed E-state index contributed by atoms with van der Waals surface area (Å²) in [6, 6.07) is 7.65. The van der Waals surface area contributed by atoms with Gasteiger partial charge in [0.1, 0.15) is 0 Å². The Balaban J connectivity index is 0.00000243. The second kappa shape index (κ2) is 8.72. The molecule has 2 fully saturated rings. The number of halogens is 1. The summed E-state index contributed by atoms with van der Waals surface area (Å²) in [5.41, 5.74) is 7.93. The molecule has 7 heteroatoms. The molecule has 3 rings (SSSR count). The van der Waals surface area contributed by atoms with Crippen LogP contribution in [-0.4, -0.2) is 26.6 Å². The summed E-state index contributed by atoms with van der Waals surface area (Å²) in [6.07, 6.45) is 6.50. The van der Waals surface area contributed by atoms with Gasteiger partial charge in [0.05, 0.1) is 5.75 Å². The van der Waals surface area contributed by atoms with E-state index < -0.39 is 9.84 Å². The number of amides is 1. The number of hydrogen-bond acceptors (Lipinski definition) is 4. The summed E-state index contributed by atoms with van der Waals surface area (Å²) in [6.45, 7) is 0.377. The van der Waals surface area contributed by atoms with E-state index in [1.54, 1.807) is 0 Å². The average molecular weight is 401 g/mol. The molecule has 0 spiro atoms. The molecule has 5 nitrogen and oxygen atoms in total. The number of nitrogens with two attached hydrogens (primary N) is 1. The fourth-order valence-electron chi connectivity index (χ4n) is 4.48. The summed E-state index contributed by atoms with van der Waals surface area (Å²) in [4.78, 5) is 12.6. The molecule has 2 aliphatic rings. The van der Waals surface area contributed by atoms with E-state index in [0.29, 0.717) is 18.4 Å². The lowest BCUT2D eigenvalue weighted by Gasteiger charge is -2.43. The third kappa shape index (κ3) is 5.21. The first-order valence-corrected chi connectivity index (χ1v) is 11.2. The van der Waals surface area contributed by atoms with Crippen LogP contribution in [-0.2, 0) is 26.9 Å². The van der Waals surface area contributed by atoms with E-state index >= 15 is 0 Å². The van der Waals surface area contributed by atoms with Crippen molar-refractivity contribution in [1.82, 2.24) is 5.32 Å². The maximum absolute atomic E-state index is 12.6. The van der Waals surface area contributed by atoms with Crippen LogP contribution in [0.2, 0.25) is 0 Å². The maximum atomic E-state index is 12.6. The smallest absolute Gasteiger partial charge is 0.223 e. The van der Waals surface area contributed by atoms with Gasteiger partial charge in [-0.1, -0.05) is 30.7 Å². The first-order chi connectivity index (χ1) is 11.8. The number of sulfone groups is 1. The Morgan fingerprint density at radius 3 is 2.31 bits per heavy atom. The third-order valence-corrected chi connectivity index (χ3v) is 6.61. The molecular weight excluding hydrogens is 372 g/mol. The van der Waals surface area contributed by atoms with Gasteiger partial charge < -0.3 is 11.1 Å². The number of carbonyl (C=O) groups excluding carboxylic acids is 1. The van der Waals surface area contributed by atoms with Gasteiger partial charge in [0.25, 0.3) is 0 Å². The van der Waals surface area contributed by atoms with Gasteiger partial charge in [-0.25, -0.2) is 8.42 Å². The molecule has 0 radical (unpaired) electrons. The number of hydrogen-bond donors (Lipinski definition) is 2. The Kier molecular flexibility index (Phi) is 7.11. The van der Waals surface area contributed by atoms with Crippen molar-refractivity contribution in [3.05, 3.63) is 35.4 Å². The largest absolute Gasteiger partial charge is 0.352 e. The number of nitrogens with one attached hydrogen (secondary N) is 1. The molecule has 0 saturated heterocycles. The zero-order valence-electron chi connectivity index (χ0n) is 15.2. The van der Waals surface area contributed by atoms with Gasteiger partial charge in [0.2, 0.25) is 5.91 Å². The predicted molar refractivity (Wildman–Crippen MR) is 106 cm³/mol. The molecule has 26 heavy (non-hydrogen) atoms. The van der Waals surface area contributed by atoms with Gasteiger partial charge in [0.15, 0.2) is 9.84 Å². The molecule has 0 aliphatic heterocycles. The molecule has 2 aliphatic carbocycles. The molecule has 2 bridgehead atoms. The quantitative estimate of drug-likeness (QED) is 0.794. The van der Waals surface area contributed by atoms with Crippen molar-refractivity contribution in [3.63, 3.8) is 0 Å². The summed E-state index contributed by atoms with van der Waals surface area (Å²) in [5.74, 6) is 1.07. The Morgan fingerprint density at radius 2 is 1.73 bits per heavy atom. The Labute approximate surface area is 162 Å². The van der Waals surface area contributed by atoms with Crippen LogP contribution in [0.5, 0.6) is 0 Å². The minimum atomic E-state index is -3.10. The zero-order chi connectivity index (χ0) is 18.0. The van der Waals surface area contributed by atoms with E-state index in [4.69, 9.17) is 5.73 Å². The minimum Gasteiger partial charge on any atom is -0.352 e. The molecule has 0 aromatic heterocycles. The van der Waals surface area contributed by atoms with Crippen LogP contribution in [0, 0.1) is 17.8 Å². The standard InChI is InChI=1S/C19H28N2O3S.ClH/c1-25(23,24)12-16-6-3-2-5-15(16)11-21-19(22)17-9-13-7-4-8-14(10-17)18(13)20;/h2-3,5-6,13-14,17-18H,4,7-12,20H2,1H3,(H,21,22);1H. The van der Waals surface area contributed by atoms with Crippen LogP contribution in [0.1, 0.15) is 43.2 Å². The Hall–Kier alpha value is -1.11. The lowest BCUT2D eigenvalue weighted by Crippen LogP contribution is -2.49. The van der Waals surface area contributed by atoms with Gasteiger partial charge in [-0.3, -0.25) is 4.79 Å². The normalized spacial score (nSPS) is 28.1. The van der Waals surface area contributed by atoms with Crippen molar-refractivity contribution in [3.8, 4) is 0 Å². The highest BCUT2D eigenvalue weighted by atomic mass is 35.5. The van der Waals surface area contributed by atoms with Crippen LogP contribution >= 0.6 is 12.4 Å². The van der Waals surface area contributed by atoms with Crippen molar-refractivity contribution in [2.45, 2.75) is 50.4 Å². The number of fused-ring (bicyclic) bond motifs is 2. The van der Waals surface area contributed by atoms with Gasteiger partial charge in [-0.05, 0) is 48.6 Å². The van der Waals surface area contributed by atoms with Crippen molar-refractivity contribution >= 4 is 28.2 Å². The van der Waals surface area contributed by atoms with E-state index in [9.17, 15) is 13.2 Å². The molecule has 146 valence electrons. The highest BCUT2D eigenvalue weighted by molar-refractivity contribution is 7.89. The third-order valence-electron chi connectivity index (χ3n) is 5.77. The lowest BCUT2D eigenvalue weighted by atomic mass is 9.65. The monoisotopic (exact) mass is 400 g/mol. The molecule has 3 N–H and O–H groups in total. The second-order valence-corrected chi connectivity index (χ2v) is 9.89. The summed E-state index contributed by atoms with van der Waals surface area (Å²) in [7, 11) is -3.10. The molecule has 1 aromatic carbocycles. The van der Waals surface area contributed by atoms with Gasteiger partial charge in [-0.2, -0.15) is 0 Å². The van der Waals surface area contributed by atoms with Crippen molar-refractivity contribution < 1.29 is 13.2 Å². The fraction of sp³-hybridized carbons (Fsp3) is 0.632. The second-order valence-electron chi connectivity index (χ2n) is 7.75. The topological polar surface area (TPSA) is 89.3 Å². The Morgan fingerprint density at radius 1 is 1.15 bits per heavy atom. The Bertz CT molecular complexity index is 724. The zero-order valence-corrected chi connectivity index (χ0v) is 16.8. The summed E-state index contributed by atoms with van der Waals surface area (Å²) >= 11 is 0. The molecule has 0 heterocycles. The number of rotatable bonds is 5. The first kappa shape index (κ1) is 21.2. The van der Waals surface area contributed by atoms with Gasteiger partial charge in [0, 0.05) is 24.8 Å². The van der Waals surface area contributed by atoms with Crippen LogP contribution in [0.25, 0.3) is 0 Å². The van der Waals surface area contributed by atoms with E-state index in [1.807, 2.05) is 24.3 Å². The van der Waals surface area contributed by atoms with E-state index in [2.05, 4.69) is 5.32 Å². The van der Waals surface area contributed by atoms with E-state index in [-0.39, 0.29) is 36.0 Å². The van der Waals surface area contributed by atoms with Crippen molar-refractivity contribution in [1.29, 1.82) is 0 Å². The SMILES string of the molecule is CS(=O)(=O)Cc1ccccc1CNC(=O)C1CC2CCCC(C1)C2N.Cl. The number of carbonyl (C=O) groups is 1. The van der Waals surface area contributed by atoms with Gasteiger partial charge in [-0.15, -0.1) is 12.4 Å². The highest BCUT2D eigenvalue weighted by Gasteiger charge is 2.40. The number of benzene rings is 1. The molecule has 2 saturated carbocycles. The maximum Gasteiger partial charge on any atom is 0.223 e. The lowest BCUT2D eigenvalue weighted by molar-refractivity contribution is -0.128. The van der Waals surface area contributed by atoms with Crippen LogP contribution < -0.4 is 11.1 Å². The molecule has 2 atom stereocenters. The van der Waals surface area contributed by atoms with Crippen LogP contribution in [0.4, 0.5) is 0 Å². The fourth-order valence-corrected chi connectivity index (χ4v) is 5.33. The van der Waals surface area contributed by atoms with Crippen LogP contribution in [0.3, 0.4) is 0 Å². The van der Waals surface area contributed by atoms with Crippen molar-refractivity contribution in [2.75, 3.05) is 6.26 Å². The molecule has 1 amide bonds. The van der Waals surface area contributed by atoms with E-state index in [1.165, 1.54) is 12.7 Å². The highest BCUT2D eigenvalue weighted by Crippen LogP contribution is 2.41.